The number of fused-ring (bicyclic) bond motifs is 3. The predicted molar refractivity (Wildman–Crippen MR) is 226 cm³/mol. The van der Waals surface area contributed by atoms with Crippen LogP contribution in [0.3, 0.4) is 0 Å². The number of nitrogens with one attached hydrogen (secondary N) is 2. The molecule has 2 saturated heterocycles. The van der Waals surface area contributed by atoms with Gasteiger partial charge < -0.3 is 24.6 Å². The molecule has 18 heteroatoms. The molecule has 14 nitrogen and oxygen atoms in total. The Hall–Kier alpha value is -5.26. The second kappa shape index (κ2) is 17.7. The number of sulfonamides is 1. The SMILES string of the molecule is COc1ccc2c(O[C@@H]3C[C@H]4C(=O)N[C@]5(C(=O)NS(=O)(=O)C6CC6)C[C@H]5C=CCCCCC[C@H](CC(=O)N5CCC(C(F)(F)F)CC5)C(=O)N4C3)cc(-c3ccccn3)nc2c1C. The minimum atomic E-state index is -4.35. The number of methoxy groups -OCH3 is 1. The molecule has 2 N–H and O–H groups in total. The third-order valence-electron chi connectivity index (χ3n) is 13.3. The average molecular weight is 895 g/mol. The first-order valence-corrected chi connectivity index (χ1v) is 23.4. The van der Waals surface area contributed by atoms with Gasteiger partial charge in [-0.1, -0.05) is 31.1 Å². The number of aromatic nitrogens is 2. The lowest BCUT2D eigenvalue weighted by Gasteiger charge is -2.34. The molecule has 2 aliphatic carbocycles. The molecule has 4 amide bonds. The topological polar surface area (TPSA) is 177 Å². The number of rotatable bonds is 9. The summed E-state index contributed by atoms with van der Waals surface area (Å²) in [5, 5.41) is 2.85. The van der Waals surface area contributed by atoms with Crippen LogP contribution >= 0.6 is 0 Å². The van der Waals surface area contributed by atoms with Gasteiger partial charge >= 0.3 is 6.18 Å². The summed E-state index contributed by atoms with van der Waals surface area (Å²) < 4.78 is 80.9. The third kappa shape index (κ3) is 9.51. The van der Waals surface area contributed by atoms with Crippen LogP contribution in [0.25, 0.3) is 22.3 Å². The smallest absolute Gasteiger partial charge is 0.391 e. The van der Waals surface area contributed by atoms with Crippen LogP contribution in [0.15, 0.2) is 54.7 Å². The molecule has 63 heavy (non-hydrogen) atoms. The number of benzene rings is 1. The number of hydrogen-bond acceptors (Lipinski definition) is 10. The first-order chi connectivity index (χ1) is 30.1. The predicted octanol–water partition coefficient (Wildman–Crippen LogP) is 5.77. The Bertz CT molecular complexity index is 2390. The summed E-state index contributed by atoms with van der Waals surface area (Å²) in [5.41, 5.74) is 0.860. The van der Waals surface area contributed by atoms with Gasteiger partial charge in [0.1, 0.15) is 29.2 Å². The number of amides is 4. The average Bonchev–Trinajstić information content (AvgIpc) is 4.19. The van der Waals surface area contributed by atoms with Crippen molar-refractivity contribution in [2.45, 2.75) is 113 Å². The molecule has 0 spiro atoms. The van der Waals surface area contributed by atoms with Gasteiger partial charge in [-0.25, -0.2) is 13.4 Å². The number of aryl methyl sites for hydroxylation is 1. The van der Waals surface area contributed by atoms with Crippen molar-refractivity contribution in [1.82, 2.24) is 29.8 Å². The van der Waals surface area contributed by atoms with Crippen LogP contribution in [0.5, 0.6) is 11.5 Å². The molecule has 1 aromatic carbocycles. The van der Waals surface area contributed by atoms with E-state index < -0.39 is 80.5 Å². The summed E-state index contributed by atoms with van der Waals surface area (Å²) in [7, 11) is -2.39. The van der Waals surface area contributed by atoms with E-state index in [0.717, 1.165) is 12.0 Å². The Morgan fingerprint density at radius 1 is 1.00 bits per heavy atom. The van der Waals surface area contributed by atoms with E-state index in [4.69, 9.17) is 14.5 Å². The summed E-state index contributed by atoms with van der Waals surface area (Å²) >= 11 is 0. The van der Waals surface area contributed by atoms with Crippen molar-refractivity contribution in [3.05, 3.63) is 60.3 Å². The van der Waals surface area contributed by atoms with Crippen LogP contribution < -0.4 is 19.5 Å². The Morgan fingerprint density at radius 3 is 2.48 bits per heavy atom. The number of nitrogens with zero attached hydrogens (tertiary/aromatic N) is 4. The van der Waals surface area contributed by atoms with Gasteiger partial charge in [0.15, 0.2) is 0 Å². The van der Waals surface area contributed by atoms with Gasteiger partial charge in [-0.15, -0.1) is 0 Å². The van der Waals surface area contributed by atoms with E-state index in [0.29, 0.717) is 72.3 Å². The van der Waals surface area contributed by atoms with Crippen LogP contribution in [0, 0.1) is 24.7 Å². The molecule has 5 heterocycles. The number of ether oxygens (including phenoxy) is 2. The Balaban J connectivity index is 1.12. The molecule has 5 aliphatic rings. The quantitative estimate of drug-likeness (QED) is 0.251. The molecule has 0 bridgehead atoms. The maximum Gasteiger partial charge on any atom is 0.391 e. The lowest BCUT2D eigenvalue weighted by atomic mass is 9.92. The van der Waals surface area contributed by atoms with E-state index in [9.17, 15) is 40.8 Å². The van der Waals surface area contributed by atoms with E-state index in [-0.39, 0.29) is 51.7 Å². The van der Waals surface area contributed by atoms with Gasteiger partial charge in [0.2, 0.25) is 27.7 Å². The van der Waals surface area contributed by atoms with Crippen LogP contribution in [-0.4, -0.2) is 108 Å². The van der Waals surface area contributed by atoms with Gasteiger partial charge in [-0.2, -0.15) is 13.2 Å². The molecule has 0 unspecified atom stereocenters. The minimum Gasteiger partial charge on any atom is -0.496 e. The molecule has 3 aliphatic heterocycles. The number of piperidine rings is 1. The number of alkyl halides is 3. The molecule has 338 valence electrons. The summed E-state index contributed by atoms with van der Waals surface area (Å²) in [6.07, 6.45) is 3.57. The van der Waals surface area contributed by atoms with E-state index in [1.165, 1.54) is 9.80 Å². The van der Waals surface area contributed by atoms with Crippen molar-refractivity contribution in [3.8, 4) is 22.9 Å². The van der Waals surface area contributed by atoms with Gasteiger partial charge in [-0.3, -0.25) is 28.9 Å². The highest BCUT2D eigenvalue weighted by Gasteiger charge is 2.62. The van der Waals surface area contributed by atoms with E-state index >= 15 is 0 Å². The summed E-state index contributed by atoms with van der Waals surface area (Å²) in [4.78, 5) is 69.4. The van der Waals surface area contributed by atoms with Crippen LogP contribution in [0.2, 0.25) is 0 Å². The highest BCUT2D eigenvalue weighted by molar-refractivity contribution is 7.91. The zero-order chi connectivity index (χ0) is 44.7. The number of likely N-dealkylation sites (tertiary alicyclic amines) is 1. The van der Waals surface area contributed by atoms with E-state index in [1.807, 2.05) is 37.3 Å². The Morgan fingerprint density at radius 2 is 1.78 bits per heavy atom. The second-order valence-electron chi connectivity index (χ2n) is 17.6. The fourth-order valence-electron chi connectivity index (χ4n) is 9.30. The van der Waals surface area contributed by atoms with Gasteiger partial charge in [-0.05, 0) is 82.6 Å². The van der Waals surface area contributed by atoms with Gasteiger partial charge in [0.25, 0.3) is 5.91 Å². The summed E-state index contributed by atoms with van der Waals surface area (Å²) in [5.74, 6) is -4.27. The molecule has 0 radical (unpaired) electrons. The first-order valence-electron chi connectivity index (χ1n) is 21.8. The Labute approximate surface area is 364 Å². The number of carbonyl (C=O) groups is 4. The number of carbonyl (C=O) groups excluding carboxylic acids is 4. The molecule has 2 saturated carbocycles. The molecular weight excluding hydrogens is 842 g/mol. The molecular formula is C45H53F3N6O8S. The van der Waals surface area contributed by atoms with Crippen molar-refractivity contribution in [2.75, 3.05) is 26.7 Å². The lowest BCUT2D eigenvalue weighted by Crippen LogP contribution is -2.57. The normalized spacial score (nSPS) is 26.2. The zero-order valence-electron chi connectivity index (χ0n) is 35.4. The summed E-state index contributed by atoms with van der Waals surface area (Å²) in [6.45, 7) is 1.65. The number of halogens is 3. The van der Waals surface area contributed by atoms with Crippen molar-refractivity contribution < 1.29 is 50.2 Å². The molecule has 3 aromatic rings. The number of pyridine rings is 2. The third-order valence-corrected chi connectivity index (χ3v) is 15.1. The maximum absolute atomic E-state index is 14.9. The highest BCUT2D eigenvalue weighted by Crippen LogP contribution is 2.46. The number of allylic oxidation sites excluding steroid dienone is 1. The fraction of sp³-hybridized carbons (Fsp3) is 0.556. The highest BCUT2D eigenvalue weighted by atomic mass is 32.2. The second-order valence-corrected chi connectivity index (χ2v) is 19.6. The number of hydrogen-bond donors (Lipinski definition) is 2. The molecule has 2 aromatic heterocycles. The van der Waals surface area contributed by atoms with Crippen molar-refractivity contribution in [2.24, 2.45) is 17.8 Å². The van der Waals surface area contributed by atoms with E-state index in [2.05, 4.69) is 15.0 Å². The van der Waals surface area contributed by atoms with E-state index in [1.54, 1.807) is 31.5 Å². The Kier molecular flexibility index (Phi) is 12.5. The fourth-order valence-corrected chi connectivity index (χ4v) is 10.7. The maximum atomic E-state index is 14.9. The van der Waals surface area contributed by atoms with Crippen LogP contribution in [0.1, 0.15) is 82.6 Å². The molecule has 4 fully saturated rings. The largest absolute Gasteiger partial charge is 0.496 e. The van der Waals surface area contributed by atoms with Crippen molar-refractivity contribution in [1.29, 1.82) is 0 Å². The van der Waals surface area contributed by atoms with Crippen LogP contribution in [0.4, 0.5) is 13.2 Å². The standard InChI is InChI=1S/C45H53F3N6O8S/c1-27-37(61-2)16-15-33-38(24-35(50-40(27)33)34-12-8-9-19-49-34)62-31-23-36-41(56)51-44(43(58)52-63(59,60)32-13-14-32)25-30(44)11-7-5-3-4-6-10-28(42(57)54(36)26-31)22-39(55)53-20-17-29(18-21-53)45(46,47)48/h7-9,11-12,15-16,19,24,28-32,36H,3-6,10,13-14,17-18,20-23,25-26H2,1-2H3,(H,51,56)(H,52,58)/t28-,30-,31-,36+,44-/m1/s1. The monoisotopic (exact) mass is 894 g/mol. The van der Waals surface area contributed by atoms with Crippen LogP contribution in [-0.2, 0) is 29.2 Å². The molecule has 8 rings (SSSR count). The summed E-state index contributed by atoms with van der Waals surface area (Å²) in [6, 6.07) is 9.60. The lowest BCUT2D eigenvalue weighted by molar-refractivity contribution is -0.186. The first kappa shape index (κ1) is 44.4. The zero-order valence-corrected chi connectivity index (χ0v) is 36.2. The molecule has 5 atom stereocenters. The van der Waals surface area contributed by atoms with Crippen molar-refractivity contribution in [3.63, 3.8) is 0 Å². The van der Waals surface area contributed by atoms with Gasteiger partial charge in [0, 0.05) is 61.0 Å². The minimum absolute atomic E-state index is 0.0142. The van der Waals surface area contributed by atoms with Gasteiger partial charge in [0.05, 0.1) is 41.7 Å². The van der Waals surface area contributed by atoms with Crippen molar-refractivity contribution >= 4 is 44.6 Å².